The first-order valence-electron chi connectivity index (χ1n) is 6.93. The Hall–Kier alpha value is -0.0800. The molecule has 98 valence electrons. The predicted octanol–water partition coefficient (Wildman–Crippen LogP) is 3.18. The second-order valence-corrected chi connectivity index (χ2v) is 5.91. The summed E-state index contributed by atoms with van der Waals surface area (Å²) in [5, 5.41) is 7.11. The monoisotopic (exact) mass is 228 g/mol. The molecule has 1 atom stereocenters. The van der Waals surface area contributed by atoms with E-state index in [-0.39, 0.29) is 0 Å². The van der Waals surface area contributed by atoms with Crippen molar-refractivity contribution in [1.82, 2.24) is 10.6 Å². The van der Waals surface area contributed by atoms with E-state index in [4.69, 9.17) is 0 Å². The van der Waals surface area contributed by atoms with Gasteiger partial charge in [-0.3, -0.25) is 0 Å². The quantitative estimate of drug-likeness (QED) is 0.592. The van der Waals surface area contributed by atoms with Gasteiger partial charge in [0.05, 0.1) is 0 Å². The molecule has 0 radical (unpaired) electrons. The summed E-state index contributed by atoms with van der Waals surface area (Å²) in [6.07, 6.45) is 5.08. The summed E-state index contributed by atoms with van der Waals surface area (Å²) in [5.74, 6) is 0. The van der Waals surface area contributed by atoms with Gasteiger partial charge >= 0.3 is 0 Å². The van der Waals surface area contributed by atoms with Crippen molar-refractivity contribution in [2.75, 3.05) is 19.6 Å². The van der Waals surface area contributed by atoms with Crippen LogP contribution >= 0.6 is 0 Å². The molecule has 0 fully saturated rings. The van der Waals surface area contributed by atoms with Crippen molar-refractivity contribution in [2.24, 2.45) is 5.41 Å². The van der Waals surface area contributed by atoms with Gasteiger partial charge in [0.2, 0.25) is 0 Å². The smallest absolute Gasteiger partial charge is 0.00793 e. The highest BCUT2D eigenvalue weighted by molar-refractivity contribution is 4.66. The molecule has 0 aliphatic heterocycles. The Morgan fingerprint density at radius 1 is 1.00 bits per heavy atom. The predicted molar refractivity (Wildman–Crippen MR) is 73.9 cm³/mol. The highest BCUT2D eigenvalue weighted by Crippen LogP contribution is 2.16. The maximum Gasteiger partial charge on any atom is 0.00793 e. The molecule has 16 heavy (non-hydrogen) atoms. The molecule has 2 N–H and O–H groups in total. The average molecular weight is 228 g/mol. The van der Waals surface area contributed by atoms with Gasteiger partial charge in [-0.1, -0.05) is 41.0 Å². The van der Waals surface area contributed by atoms with Crippen LogP contribution in [0.1, 0.15) is 60.3 Å². The van der Waals surface area contributed by atoms with Crippen molar-refractivity contribution in [3.63, 3.8) is 0 Å². The average Bonchev–Trinajstić information content (AvgIpc) is 2.20. The molecule has 0 bridgehead atoms. The Kier molecular flexibility index (Phi) is 8.96. The topological polar surface area (TPSA) is 24.1 Å². The van der Waals surface area contributed by atoms with Crippen LogP contribution in [0.15, 0.2) is 0 Å². The van der Waals surface area contributed by atoms with Crippen LogP contribution in [0.25, 0.3) is 0 Å². The third-order valence-electron chi connectivity index (χ3n) is 2.92. The molecular weight excluding hydrogens is 196 g/mol. The van der Waals surface area contributed by atoms with Gasteiger partial charge in [-0.2, -0.15) is 0 Å². The highest BCUT2D eigenvalue weighted by atomic mass is 15.0. The summed E-state index contributed by atoms with van der Waals surface area (Å²) in [7, 11) is 0. The largest absolute Gasteiger partial charge is 0.315 e. The van der Waals surface area contributed by atoms with Crippen LogP contribution in [-0.4, -0.2) is 25.7 Å². The molecular formula is C14H32N2. The van der Waals surface area contributed by atoms with Crippen LogP contribution < -0.4 is 10.6 Å². The van der Waals surface area contributed by atoms with Gasteiger partial charge in [0, 0.05) is 19.1 Å². The van der Waals surface area contributed by atoms with E-state index >= 15 is 0 Å². The maximum atomic E-state index is 3.61. The minimum absolute atomic E-state index is 0.453. The van der Waals surface area contributed by atoms with Crippen molar-refractivity contribution in [1.29, 1.82) is 0 Å². The molecule has 0 aliphatic carbocycles. The molecule has 0 aromatic carbocycles. The van der Waals surface area contributed by atoms with E-state index in [0.29, 0.717) is 5.41 Å². The summed E-state index contributed by atoms with van der Waals surface area (Å²) in [6, 6.07) is 0.717. The Labute approximate surface area is 103 Å². The summed E-state index contributed by atoms with van der Waals surface area (Å²) >= 11 is 0. The fourth-order valence-electron chi connectivity index (χ4n) is 1.75. The normalized spacial score (nSPS) is 14.1. The summed E-state index contributed by atoms with van der Waals surface area (Å²) < 4.78 is 0. The lowest BCUT2D eigenvalue weighted by molar-refractivity contribution is 0.364. The lowest BCUT2D eigenvalue weighted by Crippen LogP contribution is -2.35. The fraction of sp³-hybridized carbons (Fsp3) is 1.00. The van der Waals surface area contributed by atoms with Crippen molar-refractivity contribution in [2.45, 2.75) is 66.3 Å². The van der Waals surface area contributed by atoms with E-state index in [9.17, 15) is 0 Å². The summed E-state index contributed by atoms with van der Waals surface area (Å²) in [5.41, 5.74) is 0.453. The summed E-state index contributed by atoms with van der Waals surface area (Å²) in [4.78, 5) is 0. The Bertz CT molecular complexity index is 149. The van der Waals surface area contributed by atoms with Gasteiger partial charge in [-0.25, -0.2) is 0 Å². The zero-order chi connectivity index (χ0) is 12.4. The van der Waals surface area contributed by atoms with Crippen LogP contribution in [0.4, 0.5) is 0 Å². The van der Waals surface area contributed by atoms with Crippen molar-refractivity contribution >= 4 is 0 Å². The molecule has 2 heteroatoms. The Balaban J connectivity index is 3.32. The molecule has 1 unspecified atom stereocenters. The first kappa shape index (κ1) is 15.9. The van der Waals surface area contributed by atoms with E-state index in [1.165, 1.54) is 25.7 Å². The van der Waals surface area contributed by atoms with Crippen LogP contribution in [0.2, 0.25) is 0 Å². The second kappa shape index (κ2) is 9.00. The molecule has 0 aromatic heterocycles. The van der Waals surface area contributed by atoms with Crippen molar-refractivity contribution in [3.05, 3.63) is 0 Å². The van der Waals surface area contributed by atoms with Gasteiger partial charge in [0.15, 0.2) is 0 Å². The van der Waals surface area contributed by atoms with Gasteiger partial charge in [-0.05, 0) is 31.2 Å². The van der Waals surface area contributed by atoms with Gasteiger partial charge in [0.25, 0.3) is 0 Å². The van der Waals surface area contributed by atoms with E-state index < -0.39 is 0 Å². The molecule has 0 saturated heterocycles. The van der Waals surface area contributed by atoms with Gasteiger partial charge in [-0.15, -0.1) is 0 Å². The molecule has 0 rings (SSSR count). The lowest BCUT2D eigenvalue weighted by atomic mass is 9.92. The molecule has 2 nitrogen and oxygen atoms in total. The van der Waals surface area contributed by atoms with Gasteiger partial charge in [0.1, 0.15) is 0 Å². The van der Waals surface area contributed by atoms with Crippen molar-refractivity contribution < 1.29 is 0 Å². The molecule has 0 aliphatic rings. The van der Waals surface area contributed by atoms with E-state index in [1.807, 2.05) is 0 Å². The van der Waals surface area contributed by atoms with Crippen LogP contribution in [0.5, 0.6) is 0 Å². The first-order chi connectivity index (χ1) is 7.49. The third-order valence-corrected chi connectivity index (χ3v) is 2.92. The van der Waals surface area contributed by atoms with Crippen LogP contribution in [-0.2, 0) is 0 Å². The molecule has 0 spiro atoms. The minimum atomic E-state index is 0.453. The first-order valence-corrected chi connectivity index (χ1v) is 6.93. The van der Waals surface area contributed by atoms with Gasteiger partial charge < -0.3 is 10.6 Å². The Morgan fingerprint density at radius 2 is 1.69 bits per heavy atom. The third kappa shape index (κ3) is 10.4. The number of rotatable bonds is 9. The zero-order valence-corrected chi connectivity index (χ0v) is 12.0. The van der Waals surface area contributed by atoms with E-state index in [0.717, 1.165) is 25.7 Å². The second-order valence-electron chi connectivity index (χ2n) is 5.91. The lowest BCUT2D eigenvalue weighted by Gasteiger charge is -2.19. The van der Waals surface area contributed by atoms with Crippen molar-refractivity contribution in [3.8, 4) is 0 Å². The zero-order valence-electron chi connectivity index (χ0n) is 12.0. The number of hydrogen-bond donors (Lipinski definition) is 2. The number of hydrogen-bond acceptors (Lipinski definition) is 2. The molecule has 0 heterocycles. The highest BCUT2D eigenvalue weighted by Gasteiger charge is 2.08. The maximum absolute atomic E-state index is 3.61. The molecule has 0 aromatic rings. The van der Waals surface area contributed by atoms with Crippen LogP contribution in [0, 0.1) is 5.41 Å². The standard InChI is InChI=1S/C14H32N2/c1-6-8-13(7-2)16-12-11-15-10-9-14(3,4)5/h13,15-16H,6-12H2,1-5H3. The molecule has 0 saturated carbocycles. The van der Waals surface area contributed by atoms with E-state index in [1.54, 1.807) is 0 Å². The molecule has 0 amide bonds. The SMILES string of the molecule is CCCC(CC)NCCNCCC(C)(C)C. The number of nitrogens with one attached hydrogen (secondary N) is 2. The van der Waals surface area contributed by atoms with E-state index in [2.05, 4.69) is 45.3 Å². The summed E-state index contributed by atoms with van der Waals surface area (Å²) in [6.45, 7) is 14.7. The minimum Gasteiger partial charge on any atom is -0.315 e. The van der Waals surface area contributed by atoms with Crippen LogP contribution in [0.3, 0.4) is 0 Å². The fourth-order valence-corrected chi connectivity index (χ4v) is 1.75. The Morgan fingerprint density at radius 3 is 2.19 bits per heavy atom.